The second-order valence-corrected chi connectivity index (χ2v) is 6.59. The van der Waals surface area contributed by atoms with E-state index in [1.54, 1.807) is 10.6 Å². The van der Waals surface area contributed by atoms with Gasteiger partial charge < -0.3 is 9.88 Å². The number of hydrogen-bond acceptors (Lipinski definition) is 4. The fourth-order valence-electron chi connectivity index (χ4n) is 3.64. The highest BCUT2D eigenvalue weighted by Crippen LogP contribution is 2.28. The Balaban J connectivity index is 1.65. The number of anilines is 1. The fraction of sp³-hybridized carbons (Fsp3) is 0.444. The van der Waals surface area contributed by atoms with Crippen molar-refractivity contribution >= 4 is 17.5 Å². The second-order valence-electron chi connectivity index (χ2n) is 6.59. The van der Waals surface area contributed by atoms with Crippen molar-refractivity contribution in [2.24, 2.45) is 0 Å². The summed E-state index contributed by atoms with van der Waals surface area (Å²) in [5.41, 5.74) is 0.644. The number of nitrogens with one attached hydrogen (secondary N) is 1. The fourth-order valence-corrected chi connectivity index (χ4v) is 3.64. The molecular formula is C18H18F2N4O2. The highest BCUT2D eigenvalue weighted by Gasteiger charge is 2.29. The van der Waals surface area contributed by atoms with Gasteiger partial charge in [0.25, 0.3) is 12.3 Å². The van der Waals surface area contributed by atoms with E-state index in [4.69, 9.17) is 0 Å². The number of amides is 1. The lowest BCUT2D eigenvalue weighted by Gasteiger charge is -2.17. The van der Waals surface area contributed by atoms with Gasteiger partial charge in [-0.25, -0.2) is 18.7 Å². The van der Waals surface area contributed by atoms with E-state index in [2.05, 4.69) is 15.3 Å². The lowest BCUT2D eigenvalue weighted by Crippen LogP contribution is -2.23. The molecule has 1 aliphatic heterocycles. The van der Waals surface area contributed by atoms with Crippen molar-refractivity contribution in [3.63, 3.8) is 0 Å². The van der Waals surface area contributed by atoms with Gasteiger partial charge in [-0.15, -0.1) is 0 Å². The van der Waals surface area contributed by atoms with E-state index in [1.807, 2.05) is 0 Å². The normalized spacial score (nSPS) is 16.3. The number of aryl methyl sites for hydroxylation is 2. The molecule has 1 amide bonds. The molecule has 0 saturated heterocycles. The summed E-state index contributed by atoms with van der Waals surface area (Å²) in [6, 6.07) is 3.18. The van der Waals surface area contributed by atoms with Crippen LogP contribution in [0.15, 0.2) is 12.1 Å². The summed E-state index contributed by atoms with van der Waals surface area (Å²) in [6.07, 6.45) is 1.36. The molecule has 8 heteroatoms. The van der Waals surface area contributed by atoms with Gasteiger partial charge in [0.1, 0.15) is 23.0 Å². The van der Waals surface area contributed by atoms with Crippen LogP contribution in [-0.2, 0) is 19.4 Å². The van der Waals surface area contributed by atoms with E-state index in [-0.39, 0.29) is 17.3 Å². The molecule has 1 aliphatic carbocycles. The van der Waals surface area contributed by atoms with Crippen molar-refractivity contribution in [3.8, 4) is 0 Å². The summed E-state index contributed by atoms with van der Waals surface area (Å²) in [5.74, 6) is 0.188. The van der Waals surface area contributed by atoms with E-state index in [0.717, 1.165) is 19.3 Å². The number of carbonyl (C=O) groups excluding carboxylic acids is 2. The van der Waals surface area contributed by atoms with Crippen LogP contribution in [0.1, 0.15) is 70.2 Å². The van der Waals surface area contributed by atoms with Crippen LogP contribution in [0.4, 0.5) is 14.6 Å². The number of halogens is 2. The van der Waals surface area contributed by atoms with Crippen molar-refractivity contribution in [1.82, 2.24) is 14.5 Å². The molecule has 0 saturated carbocycles. The Labute approximate surface area is 148 Å². The first-order chi connectivity index (χ1) is 12.5. The molecule has 1 N–H and O–H groups in total. The third kappa shape index (κ3) is 2.89. The summed E-state index contributed by atoms with van der Waals surface area (Å²) in [5, 5.41) is 2.60. The topological polar surface area (TPSA) is 76.9 Å². The Hall–Kier alpha value is -2.64. The largest absolute Gasteiger partial charge is 0.324 e. The molecule has 0 spiro atoms. The molecule has 0 radical (unpaired) electrons. The van der Waals surface area contributed by atoms with E-state index >= 15 is 0 Å². The lowest BCUT2D eigenvalue weighted by atomic mass is 9.95. The zero-order valence-corrected chi connectivity index (χ0v) is 14.1. The molecule has 2 aromatic rings. The van der Waals surface area contributed by atoms with Gasteiger partial charge in [-0.3, -0.25) is 9.59 Å². The summed E-state index contributed by atoms with van der Waals surface area (Å²) in [4.78, 5) is 32.9. The van der Waals surface area contributed by atoms with E-state index in [9.17, 15) is 18.4 Å². The Morgan fingerprint density at radius 2 is 1.96 bits per heavy atom. The first kappa shape index (κ1) is 16.8. The first-order valence-corrected chi connectivity index (χ1v) is 8.76. The lowest BCUT2D eigenvalue weighted by molar-refractivity contribution is 0.0970. The molecule has 6 nitrogen and oxygen atoms in total. The van der Waals surface area contributed by atoms with Crippen LogP contribution < -0.4 is 5.32 Å². The van der Waals surface area contributed by atoms with Gasteiger partial charge in [-0.1, -0.05) is 0 Å². The van der Waals surface area contributed by atoms with Gasteiger partial charge in [0.15, 0.2) is 5.78 Å². The van der Waals surface area contributed by atoms with E-state index < -0.39 is 18.0 Å². The van der Waals surface area contributed by atoms with Gasteiger partial charge in [-0.2, -0.15) is 0 Å². The SMILES string of the molecule is O=C1CCCc2nc(NC(=O)c3c(C(F)F)nc4n3CCCC4)ccc21. The third-order valence-corrected chi connectivity index (χ3v) is 4.86. The number of fused-ring (bicyclic) bond motifs is 2. The number of ketones is 1. The van der Waals surface area contributed by atoms with Crippen LogP contribution >= 0.6 is 0 Å². The minimum Gasteiger partial charge on any atom is -0.324 e. The molecule has 26 heavy (non-hydrogen) atoms. The Morgan fingerprint density at radius 3 is 2.77 bits per heavy atom. The van der Waals surface area contributed by atoms with Crippen LogP contribution in [0.5, 0.6) is 0 Å². The van der Waals surface area contributed by atoms with Gasteiger partial charge in [0.05, 0.1) is 5.69 Å². The number of alkyl halides is 2. The Bertz CT molecular complexity index is 892. The summed E-state index contributed by atoms with van der Waals surface area (Å²) in [6.45, 7) is 0.504. The number of aromatic nitrogens is 3. The number of nitrogens with zero attached hydrogens (tertiary/aromatic N) is 3. The van der Waals surface area contributed by atoms with Crippen LogP contribution in [0.3, 0.4) is 0 Å². The molecule has 3 heterocycles. The molecule has 136 valence electrons. The number of hydrogen-bond donors (Lipinski definition) is 1. The molecule has 0 fully saturated rings. The third-order valence-electron chi connectivity index (χ3n) is 4.86. The van der Waals surface area contributed by atoms with Crippen molar-refractivity contribution in [2.75, 3.05) is 5.32 Å². The van der Waals surface area contributed by atoms with Gasteiger partial charge in [-0.05, 0) is 37.8 Å². The average Bonchev–Trinajstić information content (AvgIpc) is 3.02. The smallest absolute Gasteiger partial charge is 0.282 e. The van der Waals surface area contributed by atoms with Crippen molar-refractivity contribution in [2.45, 2.75) is 51.5 Å². The highest BCUT2D eigenvalue weighted by atomic mass is 19.3. The van der Waals surface area contributed by atoms with Gasteiger partial charge in [0.2, 0.25) is 0 Å². The number of imidazole rings is 1. The van der Waals surface area contributed by atoms with Crippen LogP contribution in [0.2, 0.25) is 0 Å². The van der Waals surface area contributed by atoms with E-state index in [0.29, 0.717) is 42.9 Å². The minimum atomic E-state index is -2.82. The molecule has 2 aromatic heterocycles. The van der Waals surface area contributed by atoms with Crippen LogP contribution in [0.25, 0.3) is 0 Å². The highest BCUT2D eigenvalue weighted by molar-refractivity contribution is 6.04. The number of Topliss-reactive ketones (excluding diaryl/α,β-unsaturated/α-hetero) is 1. The van der Waals surface area contributed by atoms with Crippen molar-refractivity contribution < 1.29 is 18.4 Å². The van der Waals surface area contributed by atoms with E-state index in [1.165, 1.54) is 6.07 Å². The maximum Gasteiger partial charge on any atom is 0.282 e. The zero-order valence-electron chi connectivity index (χ0n) is 14.1. The number of pyridine rings is 1. The average molecular weight is 360 g/mol. The predicted octanol–water partition coefficient (Wildman–Crippen LogP) is 3.32. The van der Waals surface area contributed by atoms with Crippen LogP contribution in [-0.4, -0.2) is 26.2 Å². The standard InChI is InChI=1S/C18H18F2N4O2/c19-17(20)15-16(24-9-2-1-6-14(24)23-15)18(26)22-13-8-7-10-11(21-13)4-3-5-12(10)25/h7-8,17H,1-6,9H2,(H,21,22,26). The first-order valence-electron chi connectivity index (χ1n) is 8.76. The maximum atomic E-state index is 13.4. The van der Waals surface area contributed by atoms with Crippen LogP contribution in [0, 0.1) is 0 Å². The molecule has 0 atom stereocenters. The molecular weight excluding hydrogens is 342 g/mol. The summed E-state index contributed by atoms with van der Waals surface area (Å²) in [7, 11) is 0. The second kappa shape index (κ2) is 6.59. The number of carbonyl (C=O) groups is 2. The predicted molar refractivity (Wildman–Crippen MR) is 89.6 cm³/mol. The molecule has 0 bridgehead atoms. The quantitative estimate of drug-likeness (QED) is 0.911. The Morgan fingerprint density at radius 1 is 1.12 bits per heavy atom. The molecule has 0 unspecified atom stereocenters. The zero-order chi connectivity index (χ0) is 18.3. The monoisotopic (exact) mass is 360 g/mol. The van der Waals surface area contributed by atoms with Gasteiger partial charge >= 0.3 is 0 Å². The van der Waals surface area contributed by atoms with Gasteiger partial charge in [0, 0.05) is 24.9 Å². The summed E-state index contributed by atoms with van der Waals surface area (Å²) >= 11 is 0. The Kier molecular flexibility index (Phi) is 4.26. The van der Waals surface area contributed by atoms with Crippen molar-refractivity contribution in [3.05, 3.63) is 40.6 Å². The number of rotatable bonds is 3. The molecule has 0 aromatic carbocycles. The molecule has 2 aliphatic rings. The maximum absolute atomic E-state index is 13.4. The summed E-state index contributed by atoms with van der Waals surface area (Å²) < 4.78 is 28.3. The van der Waals surface area contributed by atoms with Crippen molar-refractivity contribution in [1.29, 1.82) is 0 Å². The molecule has 4 rings (SSSR count). The minimum absolute atomic E-state index is 0.0430.